The van der Waals surface area contributed by atoms with Gasteiger partial charge >= 0.3 is 0 Å². The normalized spacial score (nSPS) is 18.5. The van der Waals surface area contributed by atoms with Crippen molar-refractivity contribution in [3.63, 3.8) is 0 Å². The first-order chi connectivity index (χ1) is 59.6. The minimum absolute atomic E-state index is 0. The number of alkyl halides is 2. The third-order valence-corrected chi connectivity index (χ3v) is 35.6. The first-order valence-corrected chi connectivity index (χ1v) is 55.3. The van der Waals surface area contributed by atoms with Gasteiger partial charge in [-0.1, -0.05) is 111 Å². The number of halogens is 3. The van der Waals surface area contributed by atoms with Crippen molar-refractivity contribution in [2.45, 2.75) is 204 Å². The molecule has 126 heavy (non-hydrogen) atoms. The first kappa shape index (κ1) is 108. The number of quaternary nitrogens is 1. The Labute approximate surface area is 776 Å². The number of nitrogens with zero attached hydrogens (tertiary/aromatic N) is 9. The zero-order valence-corrected chi connectivity index (χ0v) is 83.6. The lowest BCUT2D eigenvalue weighted by atomic mass is 9.89. The molecule has 0 bridgehead atoms. The van der Waals surface area contributed by atoms with Crippen LogP contribution in [0.1, 0.15) is 171 Å². The third-order valence-electron chi connectivity index (χ3n) is 24.5. The number of nitrogens with one attached hydrogen (secondary N) is 3. The second-order valence-electron chi connectivity index (χ2n) is 35.1. The van der Waals surface area contributed by atoms with Gasteiger partial charge in [-0.3, -0.25) is 0 Å². The van der Waals surface area contributed by atoms with E-state index in [9.17, 15) is 50.5 Å². The predicted octanol–water partition coefficient (Wildman–Crippen LogP) is 11.0. The Hall–Kier alpha value is -5.07. The molecule has 3 N–H and O–H groups in total. The monoisotopic (exact) mass is 1920 g/mol. The van der Waals surface area contributed by atoms with Crippen molar-refractivity contribution < 1.29 is 67.8 Å². The van der Waals surface area contributed by atoms with E-state index in [0.717, 1.165) is 125 Å². The predicted molar refractivity (Wildman–Crippen MR) is 512 cm³/mol. The van der Waals surface area contributed by atoms with Gasteiger partial charge in [0, 0.05) is 168 Å². The zero-order chi connectivity index (χ0) is 90.6. The number of hydrogen-bond acceptors (Lipinski definition) is 17. The fraction of sp³-hybridized carbons (Fsp3) is 0.613. The van der Waals surface area contributed by atoms with Crippen LogP contribution in [-0.2, 0) is 60.1 Å². The number of hydrogen-bond donors (Lipinski definition) is 3. The highest BCUT2D eigenvalue weighted by molar-refractivity contribution is 7.90. The summed E-state index contributed by atoms with van der Waals surface area (Å²) >= 11 is 10.4. The molecule has 33 heteroatoms. The molecule has 0 amide bonds. The number of sulfonamides is 6. The minimum atomic E-state index is -3.72. The van der Waals surface area contributed by atoms with Gasteiger partial charge in [0.15, 0.2) is 0 Å². The van der Waals surface area contributed by atoms with Gasteiger partial charge < -0.3 is 41.8 Å². The topological polar surface area (TPSA) is 262 Å². The van der Waals surface area contributed by atoms with Crippen molar-refractivity contribution in [1.29, 1.82) is 0 Å². The van der Waals surface area contributed by atoms with Crippen molar-refractivity contribution >= 4 is 100 Å². The Kier molecular flexibility index (Phi) is 46.4. The fourth-order valence-corrected chi connectivity index (χ4v) is 25.7. The largest absolute Gasteiger partial charge is 1.00 e. The summed E-state index contributed by atoms with van der Waals surface area (Å²) in [6.45, 7) is 17.4. The molecular weight excluding hydrogens is 1780 g/mol. The quantitative estimate of drug-likeness (QED) is 0.0270. The molecule has 5 aliphatic rings. The SMILES string of the molecule is Cc1ccc(S(=O)(=O)N2CCCN(CC3CCCCC3)CCCN(S(=O)(=O)c3ccc(N(C)C)cc3)CCC2)cc1.Cc1ccc(S(=O)(=O)N2CCCN(S(=O)(=O)c3ccc(N(C)C)cc3)CCC[NH+](CC3CCCCC3)CCC2)cc1.Cc1ccc(S(=O)(=O)NCCCN(CCCNS(=O)(=O)c2ccc(N(C)C)cc2)CC2CCCCC2)cc1.ClCCCCl.[Cl-]. The molecule has 0 spiro atoms. The molecule has 2 heterocycles. The molecule has 2 aliphatic heterocycles. The van der Waals surface area contributed by atoms with Crippen LogP contribution in [0, 0.1) is 38.5 Å². The molecular formula is C93H147Cl3N12O12S6. The maximum atomic E-state index is 13.8. The van der Waals surface area contributed by atoms with Gasteiger partial charge in [-0.15, -0.1) is 23.2 Å². The van der Waals surface area contributed by atoms with E-state index in [1.165, 1.54) is 101 Å². The Balaban J connectivity index is 0.000000251. The number of rotatable bonds is 31. The van der Waals surface area contributed by atoms with Crippen LogP contribution in [0.2, 0.25) is 0 Å². The maximum absolute atomic E-state index is 13.8. The smallest absolute Gasteiger partial charge is 0.243 e. The molecule has 5 fully saturated rings. The molecule has 6 aromatic carbocycles. The molecule has 2 saturated heterocycles. The maximum Gasteiger partial charge on any atom is 0.243 e. The van der Waals surface area contributed by atoms with Crippen LogP contribution in [0.5, 0.6) is 0 Å². The van der Waals surface area contributed by atoms with Crippen molar-refractivity contribution in [1.82, 2.24) is 36.5 Å². The lowest BCUT2D eigenvalue weighted by Crippen LogP contribution is -3.12. The van der Waals surface area contributed by atoms with Crippen molar-refractivity contribution in [3.05, 3.63) is 162 Å². The highest BCUT2D eigenvalue weighted by atomic mass is 35.5. The molecule has 0 aromatic heterocycles. The minimum Gasteiger partial charge on any atom is -1.00 e. The van der Waals surface area contributed by atoms with Gasteiger partial charge in [0.1, 0.15) is 0 Å². The third kappa shape index (κ3) is 35.1. The van der Waals surface area contributed by atoms with Gasteiger partial charge in [-0.05, 0) is 251 Å². The summed E-state index contributed by atoms with van der Waals surface area (Å²) in [7, 11) is -10.3. The molecule has 6 aromatic rings. The van der Waals surface area contributed by atoms with E-state index in [4.69, 9.17) is 23.2 Å². The Bertz CT molecular complexity index is 4640. The van der Waals surface area contributed by atoms with Crippen LogP contribution in [-0.4, -0.2) is 256 Å². The van der Waals surface area contributed by atoms with Crippen LogP contribution in [0.4, 0.5) is 17.1 Å². The fourth-order valence-electron chi connectivity index (χ4n) is 17.1. The van der Waals surface area contributed by atoms with E-state index in [-0.39, 0.29) is 51.6 Å². The highest BCUT2D eigenvalue weighted by Gasteiger charge is 2.33. The first-order valence-electron chi connectivity index (χ1n) is 45.5. The van der Waals surface area contributed by atoms with Gasteiger partial charge in [0.2, 0.25) is 60.1 Å². The summed E-state index contributed by atoms with van der Waals surface area (Å²) in [6.07, 6.45) is 25.4. The number of anilines is 3. The second kappa shape index (κ2) is 54.2. The summed E-state index contributed by atoms with van der Waals surface area (Å²) in [4.78, 5) is 13.8. The molecule has 24 nitrogen and oxygen atoms in total. The Morgan fingerprint density at radius 2 is 0.603 bits per heavy atom. The second-order valence-corrected chi connectivity index (χ2v) is 47.2. The van der Waals surface area contributed by atoms with E-state index in [2.05, 4.69) is 19.2 Å². The van der Waals surface area contributed by atoms with Gasteiger partial charge in [0.05, 0.1) is 49.0 Å². The van der Waals surface area contributed by atoms with Crippen LogP contribution in [0.3, 0.4) is 0 Å². The van der Waals surface area contributed by atoms with Gasteiger partial charge in [0.25, 0.3) is 0 Å². The van der Waals surface area contributed by atoms with Crippen LogP contribution < -0.4 is 41.5 Å². The van der Waals surface area contributed by atoms with Crippen LogP contribution in [0.25, 0.3) is 0 Å². The van der Waals surface area contributed by atoms with Crippen LogP contribution >= 0.6 is 23.2 Å². The average Bonchev–Trinajstić information content (AvgIpc) is 0.812. The van der Waals surface area contributed by atoms with E-state index in [1.807, 2.05) is 126 Å². The van der Waals surface area contributed by atoms with Crippen molar-refractivity contribution in [2.75, 3.05) is 193 Å². The van der Waals surface area contributed by atoms with E-state index in [1.54, 1.807) is 114 Å². The summed E-state index contributed by atoms with van der Waals surface area (Å²) in [5.41, 5.74) is 5.87. The van der Waals surface area contributed by atoms with Gasteiger partial charge in [-0.25, -0.2) is 60.0 Å². The van der Waals surface area contributed by atoms with Gasteiger partial charge in [-0.2, -0.15) is 17.2 Å². The van der Waals surface area contributed by atoms with E-state index < -0.39 is 60.1 Å². The summed E-state index contributed by atoms with van der Waals surface area (Å²) in [5.74, 6) is 3.39. The Morgan fingerprint density at radius 3 is 0.905 bits per heavy atom. The molecule has 1 atom stereocenters. The highest BCUT2D eigenvalue weighted by Crippen LogP contribution is 2.30. The summed E-state index contributed by atoms with van der Waals surface area (Å²) < 4.78 is 172. The summed E-state index contributed by atoms with van der Waals surface area (Å²) in [5, 5.41) is 0. The molecule has 11 rings (SSSR count). The number of benzene rings is 6. The lowest BCUT2D eigenvalue weighted by Gasteiger charge is -2.32. The lowest BCUT2D eigenvalue weighted by molar-refractivity contribution is -0.904. The molecule has 3 aliphatic carbocycles. The molecule has 1 unspecified atom stereocenters. The standard InChI is InChI=1S/2C31H48N4O4S2.C28H44N4O4S2.C3H6Cl2.ClH/c2*1-27-12-16-30(17-13-27)40(36,37)34-22-7-20-33(26-28-10-5-4-6-11-28)21-8-23-35(25-9-24-34)41(38,39)31-18-14-29(15-19-31)32(2)3;1-24-11-15-27(16-12-24)37(33,34)29-19-7-21-32(23-25-9-5-4-6-10-25)22-8-20-30-38(35,36)28-17-13-26(14-18-28)31(2)3;4-2-1-3-5;/h2*12-19,28H,4-11,20-26H2,1-3H3;11-18,25,29-30H,4-10,19-23H2,1-3H3;1-3H2;1H. The Morgan fingerprint density at radius 1 is 0.333 bits per heavy atom. The zero-order valence-electron chi connectivity index (χ0n) is 76.4. The van der Waals surface area contributed by atoms with Crippen molar-refractivity contribution in [3.8, 4) is 0 Å². The van der Waals surface area contributed by atoms with Crippen LogP contribution in [0.15, 0.2) is 175 Å². The number of aryl methyl sites for hydroxylation is 3. The molecule has 708 valence electrons. The molecule has 0 radical (unpaired) electrons. The van der Waals surface area contributed by atoms with Crippen molar-refractivity contribution in [2.24, 2.45) is 17.8 Å². The average molecular weight is 1920 g/mol. The van der Waals surface area contributed by atoms with E-state index in [0.29, 0.717) is 111 Å². The van der Waals surface area contributed by atoms with E-state index >= 15 is 0 Å². The molecule has 3 saturated carbocycles. The summed E-state index contributed by atoms with van der Waals surface area (Å²) in [6, 6.07) is 41.7.